The lowest BCUT2D eigenvalue weighted by Gasteiger charge is -1.99. The molecule has 0 aromatic carbocycles. The maximum atomic E-state index is 10.3. The fraction of sp³-hybridized carbons (Fsp3) is 0.200. The predicted octanol–water partition coefficient (Wildman–Crippen LogP) is 0.961. The van der Waals surface area contributed by atoms with E-state index in [1.54, 1.807) is 17.5 Å². The van der Waals surface area contributed by atoms with Crippen LogP contribution in [0.3, 0.4) is 0 Å². The van der Waals surface area contributed by atoms with Gasteiger partial charge in [-0.05, 0) is 11.4 Å². The van der Waals surface area contributed by atoms with Crippen molar-refractivity contribution in [1.82, 2.24) is 0 Å². The van der Waals surface area contributed by atoms with Gasteiger partial charge in [0.25, 0.3) is 0 Å². The van der Waals surface area contributed by atoms with Gasteiger partial charge in [-0.1, -0.05) is 6.07 Å². The molecule has 3 nitrogen and oxygen atoms in total. The second-order valence-corrected chi connectivity index (χ2v) is 3.62. The molecule has 2 unspecified atom stereocenters. The third kappa shape index (κ3) is 1.63. The number of aliphatic hydroxyl groups is 1. The van der Waals surface area contributed by atoms with Crippen LogP contribution in [0.2, 0.25) is 0 Å². The Balaban J connectivity index is 2.77. The molecule has 0 aliphatic heterocycles. The number of hydrogen-bond acceptors (Lipinski definition) is 3. The molecular weight excluding hydrogens is 172 g/mol. The third-order valence-corrected chi connectivity index (χ3v) is 2.69. The van der Waals surface area contributed by atoms with Gasteiger partial charge in [0.1, 0.15) is 0 Å². The topological polar surface area (TPSA) is 57.5 Å². The zero-order chi connectivity index (χ0) is 7.56. The van der Waals surface area contributed by atoms with E-state index in [-0.39, 0.29) is 0 Å². The summed E-state index contributed by atoms with van der Waals surface area (Å²) in [5.74, 6) is 0. The van der Waals surface area contributed by atoms with Gasteiger partial charge in [0.2, 0.25) is 0 Å². The van der Waals surface area contributed by atoms with Crippen molar-refractivity contribution in [2.24, 2.45) is 0 Å². The molecule has 0 radical (unpaired) electrons. The highest BCUT2D eigenvalue weighted by atomic mass is 32.2. The molecule has 56 valence electrons. The summed E-state index contributed by atoms with van der Waals surface area (Å²) in [6.07, 6.45) is 0. The van der Waals surface area contributed by atoms with E-state index >= 15 is 0 Å². The smallest absolute Gasteiger partial charge is 0.189 e. The van der Waals surface area contributed by atoms with Gasteiger partial charge in [-0.2, -0.15) is 0 Å². The first-order valence-electron chi connectivity index (χ1n) is 2.53. The molecule has 1 rings (SSSR count). The van der Waals surface area contributed by atoms with Crippen LogP contribution < -0.4 is 0 Å². The summed E-state index contributed by atoms with van der Waals surface area (Å²) in [5.41, 5.74) is -1.25. The van der Waals surface area contributed by atoms with Gasteiger partial charge >= 0.3 is 0 Å². The van der Waals surface area contributed by atoms with E-state index in [0.717, 1.165) is 0 Å². The second-order valence-electron chi connectivity index (χ2n) is 1.64. The van der Waals surface area contributed by atoms with E-state index in [2.05, 4.69) is 0 Å². The van der Waals surface area contributed by atoms with Gasteiger partial charge in [-0.15, -0.1) is 11.3 Å². The fourth-order valence-electron chi connectivity index (χ4n) is 0.531. The molecule has 0 aliphatic carbocycles. The molecule has 0 aliphatic rings. The summed E-state index contributed by atoms with van der Waals surface area (Å²) in [6, 6.07) is 3.33. The van der Waals surface area contributed by atoms with E-state index in [9.17, 15) is 4.21 Å². The minimum absolute atomic E-state index is 0.515. The average molecular weight is 178 g/mol. The van der Waals surface area contributed by atoms with Crippen molar-refractivity contribution in [3.63, 3.8) is 0 Å². The van der Waals surface area contributed by atoms with E-state index in [1.807, 2.05) is 0 Å². The largest absolute Gasteiger partial charge is 0.373 e. The van der Waals surface area contributed by atoms with Crippen LogP contribution >= 0.6 is 11.3 Å². The Bertz CT molecular complexity index is 219. The molecule has 0 amide bonds. The second kappa shape index (κ2) is 3.25. The molecule has 10 heavy (non-hydrogen) atoms. The lowest BCUT2D eigenvalue weighted by molar-refractivity contribution is 0.255. The number of aliphatic hydroxyl groups excluding tert-OH is 1. The van der Waals surface area contributed by atoms with Gasteiger partial charge < -0.3 is 9.66 Å². The lowest BCUT2D eigenvalue weighted by Crippen LogP contribution is -2.01. The SMILES string of the molecule is O=S(O)C(O)c1cccs1. The molecule has 0 saturated carbocycles. The van der Waals surface area contributed by atoms with Crippen molar-refractivity contribution in [3.8, 4) is 0 Å². The Hall–Kier alpha value is -0.230. The van der Waals surface area contributed by atoms with Gasteiger partial charge in [0.15, 0.2) is 16.5 Å². The maximum Gasteiger partial charge on any atom is 0.189 e. The van der Waals surface area contributed by atoms with Crippen LogP contribution in [0.4, 0.5) is 0 Å². The first-order valence-corrected chi connectivity index (χ1v) is 4.58. The third-order valence-electron chi connectivity index (χ3n) is 0.978. The molecule has 0 fully saturated rings. The monoisotopic (exact) mass is 178 g/mol. The molecule has 2 atom stereocenters. The van der Waals surface area contributed by atoms with Crippen molar-refractivity contribution in [2.75, 3.05) is 0 Å². The zero-order valence-electron chi connectivity index (χ0n) is 4.93. The van der Waals surface area contributed by atoms with Gasteiger partial charge in [-0.3, -0.25) is 0 Å². The summed E-state index contributed by atoms with van der Waals surface area (Å²) in [7, 11) is 0. The van der Waals surface area contributed by atoms with Crippen molar-refractivity contribution < 1.29 is 13.9 Å². The Morgan fingerprint density at radius 1 is 1.70 bits per heavy atom. The number of hydrogen-bond donors (Lipinski definition) is 2. The highest BCUT2D eigenvalue weighted by Gasteiger charge is 2.13. The predicted molar refractivity (Wildman–Crippen MR) is 40.1 cm³/mol. The van der Waals surface area contributed by atoms with E-state index < -0.39 is 16.5 Å². The molecule has 0 spiro atoms. The molecule has 0 saturated heterocycles. The normalized spacial score (nSPS) is 16.6. The standard InChI is InChI=1S/C5H6O3S2/c6-5(10(7)8)4-2-1-3-9-4/h1-3,5-6H,(H,7,8). The minimum atomic E-state index is -2.17. The molecule has 1 aromatic heterocycles. The highest BCUT2D eigenvalue weighted by molar-refractivity contribution is 7.79. The minimum Gasteiger partial charge on any atom is -0.373 e. The van der Waals surface area contributed by atoms with Crippen molar-refractivity contribution in [3.05, 3.63) is 22.4 Å². The lowest BCUT2D eigenvalue weighted by atomic mass is 10.5. The molecule has 2 N–H and O–H groups in total. The Morgan fingerprint density at radius 2 is 2.40 bits per heavy atom. The number of thiophene rings is 1. The van der Waals surface area contributed by atoms with Crippen LogP contribution in [0.5, 0.6) is 0 Å². The summed E-state index contributed by atoms with van der Waals surface area (Å²) in [6.45, 7) is 0. The molecule has 1 aromatic rings. The summed E-state index contributed by atoms with van der Waals surface area (Å²) >= 11 is -0.917. The first-order chi connectivity index (χ1) is 4.72. The molecule has 0 bridgehead atoms. The zero-order valence-corrected chi connectivity index (χ0v) is 6.56. The van der Waals surface area contributed by atoms with Gasteiger partial charge in [0.05, 0.1) is 0 Å². The van der Waals surface area contributed by atoms with Crippen molar-refractivity contribution >= 4 is 22.4 Å². The van der Waals surface area contributed by atoms with Crippen LogP contribution in [-0.4, -0.2) is 13.9 Å². The Labute approximate surface area is 64.6 Å². The fourth-order valence-corrected chi connectivity index (χ4v) is 1.81. The van der Waals surface area contributed by atoms with Crippen LogP contribution in [0, 0.1) is 0 Å². The molecule has 5 heteroatoms. The summed E-state index contributed by atoms with van der Waals surface area (Å²) < 4.78 is 18.7. The number of rotatable bonds is 2. The van der Waals surface area contributed by atoms with E-state index in [0.29, 0.717) is 4.88 Å². The van der Waals surface area contributed by atoms with Gasteiger partial charge in [-0.25, -0.2) is 4.21 Å². The quantitative estimate of drug-likeness (QED) is 0.663. The van der Waals surface area contributed by atoms with Crippen molar-refractivity contribution in [2.45, 2.75) is 5.44 Å². The summed E-state index contributed by atoms with van der Waals surface area (Å²) in [4.78, 5) is 0.515. The molecular formula is C5H6O3S2. The van der Waals surface area contributed by atoms with Crippen LogP contribution in [-0.2, 0) is 11.1 Å². The van der Waals surface area contributed by atoms with E-state index in [4.69, 9.17) is 9.66 Å². The van der Waals surface area contributed by atoms with Crippen LogP contribution in [0.25, 0.3) is 0 Å². The van der Waals surface area contributed by atoms with Crippen LogP contribution in [0.15, 0.2) is 17.5 Å². The highest BCUT2D eigenvalue weighted by Crippen LogP contribution is 2.20. The van der Waals surface area contributed by atoms with E-state index in [1.165, 1.54) is 11.3 Å². The maximum absolute atomic E-state index is 10.3. The Morgan fingerprint density at radius 3 is 2.80 bits per heavy atom. The summed E-state index contributed by atoms with van der Waals surface area (Å²) in [5, 5.41) is 10.7. The van der Waals surface area contributed by atoms with Crippen molar-refractivity contribution in [1.29, 1.82) is 0 Å². The Kier molecular flexibility index (Phi) is 2.56. The van der Waals surface area contributed by atoms with Gasteiger partial charge in [0, 0.05) is 4.88 Å². The average Bonchev–Trinajstić information content (AvgIpc) is 2.36. The first kappa shape index (κ1) is 7.87. The molecule has 1 heterocycles. The van der Waals surface area contributed by atoms with Crippen LogP contribution in [0.1, 0.15) is 10.3 Å².